The lowest BCUT2D eigenvalue weighted by atomic mass is 10.1. The average Bonchev–Trinajstić information content (AvgIpc) is 2.55. The zero-order valence-corrected chi connectivity index (χ0v) is 13.6. The van der Waals surface area contributed by atoms with Gasteiger partial charge in [-0.05, 0) is 25.0 Å². The molecular formula is C16H18ClN3O3. The molecule has 0 saturated heterocycles. The molecule has 2 aromatic rings. The Morgan fingerprint density at radius 3 is 2.70 bits per heavy atom. The second-order valence-electron chi connectivity index (χ2n) is 4.94. The number of anilines is 1. The number of nitrogens with one attached hydrogen (secondary N) is 1. The Morgan fingerprint density at radius 1 is 1.17 bits per heavy atom. The number of rotatable bonds is 6. The van der Waals surface area contributed by atoms with Crippen LogP contribution in [0.3, 0.4) is 0 Å². The third-order valence-electron chi connectivity index (χ3n) is 3.36. The van der Waals surface area contributed by atoms with Gasteiger partial charge in [0.15, 0.2) is 11.5 Å². The Morgan fingerprint density at radius 2 is 1.96 bits per heavy atom. The van der Waals surface area contributed by atoms with Crippen LogP contribution in [-0.2, 0) is 6.42 Å². The predicted molar refractivity (Wildman–Crippen MR) is 87.8 cm³/mol. The van der Waals surface area contributed by atoms with Crippen molar-refractivity contribution in [3.63, 3.8) is 0 Å². The fourth-order valence-corrected chi connectivity index (χ4v) is 2.50. The Bertz CT molecular complexity index is 682. The van der Waals surface area contributed by atoms with E-state index in [2.05, 4.69) is 15.3 Å². The van der Waals surface area contributed by atoms with Gasteiger partial charge in [0.2, 0.25) is 0 Å². The highest BCUT2D eigenvalue weighted by molar-refractivity contribution is 6.29. The first-order valence-electron chi connectivity index (χ1n) is 7.53. The summed E-state index contributed by atoms with van der Waals surface area (Å²) < 4.78 is 17.0. The van der Waals surface area contributed by atoms with E-state index in [1.54, 1.807) is 6.07 Å². The normalized spacial score (nSPS) is 12.8. The minimum Gasteiger partial charge on any atom is -0.493 e. The molecule has 1 aliphatic rings. The highest BCUT2D eigenvalue weighted by atomic mass is 35.5. The van der Waals surface area contributed by atoms with Gasteiger partial charge in [-0.1, -0.05) is 11.6 Å². The number of fused-ring (bicyclic) bond motifs is 1. The van der Waals surface area contributed by atoms with Gasteiger partial charge in [0.05, 0.1) is 6.61 Å². The summed E-state index contributed by atoms with van der Waals surface area (Å²) in [6.07, 6.45) is 2.19. The Balaban J connectivity index is 1.70. The van der Waals surface area contributed by atoms with E-state index in [-0.39, 0.29) is 0 Å². The molecule has 0 fully saturated rings. The van der Waals surface area contributed by atoms with Gasteiger partial charge < -0.3 is 19.5 Å². The maximum absolute atomic E-state index is 5.85. The molecular weight excluding hydrogens is 318 g/mol. The van der Waals surface area contributed by atoms with Gasteiger partial charge in [0, 0.05) is 18.7 Å². The van der Waals surface area contributed by atoms with E-state index < -0.39 is 0 Å². The predicted octanol–water partition coefficient (Wildman–Crippen LogP) is 2.95. The summed E-state index contributed by atoms with van der Waals surface area (Å²) in [5, 5.41) is 3.63. The van der Waals surface area contributed by atoms with Gasteiger partial charge in [0.1, 0.15) is 36.3 Å². The molecule has 0 saturated carbocycles. The summed E-state index contributed by atoms with van der Waals surface area (Å²) >= 11 is 5.85. The zero-order chi connectivity index (χ0) is 16.1. The van der Waals surface area contributed by atoms with E-state index in [1.807, 2.05) is 19.1 Å². The van der Waals surface area contributed by atoms with Crippen molar-refractivity contribution in [1.29, 1.82) is 0 Å². The molecule has 6 nitrogen and oxygen atoms in total. The first kappa shape index (κ1) is 15.7. The highest BCUT2D eigenvalue weighted by Gasteiger charge is 2.16. The molecule has 3 rings (SSSR count). The number of aromatic nitrogens is 2. The van der Waals surface area contributed by atoms with E-state index in [4.69, 9.17) is 25.8 Å². The van der Waals surface area contributed by atoms with Gasteiger partial charge in [-0.2, -0.15) is 0 Å². The van der Waals surface area contributed by atoms with Crippen molar-refractivity contribution < 1.29 is 14.2 Å². The topological polar surface area (TPSA) is 65.5 Å². The summed E-state index contributed by atoms with van der Waals surface area (Å²) in [7, 11) is 0. The van der Waals surface area contributed by atoms with Crippen LogP contribution in [0.15, 0.2) is 24.5 Å². The highest BCUT2D eigenvalue weighted by Crippen LogP contribution is 2.37. The second kappa shape index (κ2) is 7.37. The fraction of sp³-hybridized carbons (Fsp3) is 0.375. The molecule has 23 heavy (non-hydrogen) atoms. The Kier molecular flexibility index (Phi) is 5.02. The quantitative estimate of drug-likeness (QED) is 0.819. The maximum Gasteiger partial charge on any atom is 0.165 e. The minimum atomic E-state index is 0.414. The van der Waals surface area contributed by atoms with Crippen LogP contribution in [0.25, 0.3) is 0 Å². The van der Waals surface area contributed by atoms with Crippen LogP contribution in [0, 0.1) is 0 Å². The van der Waals surface area contributed by atoms with Crippen molar-refractivity contribution in [3.8, 4) is 17.2 Å². The van der Waals surface area contributed by atoms with Crippen molar-refractivity contribution in [2.45, 2.75) is 13.3 Å². The zero-order valence-electron chi connectivity index (χ0n) is 12.8. The van der Waals surface area contributed by atoms with Gasteiger partial charge in [0.25, 0.3) is 0 Å². The summed E-state index contributed by atoms with van der Waals surface area (Å²) in [6, 6.07) is 5.57. The van der Waals surface area contributed by atoms with Crippen LogP contribution in [0.2, 0.25) is 5.15 Å². The third-order valence-corrected chi connectivity index (χ3v) is 3.57. The van der Waals surface area contributed by atoms with Crippen LogP contribution >= 0.6 is 11.6 Å². The number of nitrogens with zero attached hydrogens (tertiary/aromatic N) is 2. The molecule has 0 aliphatic carbocycles. The summed E-state index contributed by atoms with van der Waals surface area (Å²) in [6.45, 7) is 4.38. The first-order valence-corrected chi connectivity index (χ1v) is 7.91. The third kappa shape index (κ3) is 3.96. The van der Waals surface area contributed by atoms with Gasteiger partial charge >= 0.3 is 0 Å². The van der Waals surface area contributed by atoms with Gasteiger partial charge in [-0.25, -0.2) is 9.97 Å². The molecule has 0 atom stereocenters. The molecule has 0 spiro atoms. The van der Waals surface area contributed by atoms with E-state index in [0.717, 1.165) is 29.2 Å². The van der Waals surface area contributed by atoms with Gasteiger partial charge in [-0.3, -0.25) is 0 Å². The maximum atomic E-state index is 5.85. The number of ether oxygens (including phenoxy) is 3. The van der Waals surface area contributed by atoms with Crippen molar-refractivity contribution in [1.82, 2.24) is 9.97 Å². The average molecular weight is 336 g/mol. The first-order chi connectivity index (χ1) is 11.3. The molecule has 1 aromatic heterocycles. The molecule has 122 valence electrons. The molecule has 1 aromatic carbocycles. The van der Waals surface area contributed by atoms with E-state index >= 15 is 0 Å². The van der Waals surface area contributed by atoms with E-state index in [9.17, 15) is 0 Å². The molecule has 7 heteroatoms. The fourth-order valence-electron chi connectivity index (χ4n) is 2.35. The smallest absolute Gasteiger partial charge is 0.165 e. The molecule has 2 heterocycles. The minimum absolute atomic E-state index is 0.414. The SMILES string of the molecule is CCOc1cc2c(cc1CCNc1cc(Cl)ncn1)OCCO2. The number of hydrogen-bond donors (Lipinski definition) is 1. The second-order valence-corrected chi connectivity index (χ2v) is 5.33. The summed E-state index contributed by atoms with van der Waals surface area (Å²) in [4.78, 5) is 7.97. The monoisotopic (exact) mass is 335 g/mol. The van der Waals surface area contributed by atoms with Crippen molar-refractivity contribution >= 4 is 17.4 Å². The standard InChI is InChI=1S/C16H18ClN3O3/c1-2-21-12-8-14-13(22-5-6-23-14)7-11(12)3-4-18-16-9-15(17)19-10-20-16/h7-10H,2-6H2,1H3,(H,18,19,20). The van der Waals surface area contributed by atoms with Crippen LogP contribution in [-0.4, -0.2) is 36.3 Å². The van der Waals surface area contributed by atoms with Crippen LogP contribution in [0.4, 0.5) is 5.82 Å². The molecule has 0 bridgehead atoms. The largest absolute Gasteiger partial charge is 0.493 e. The van der Waals surface area contributed by atoms with Gasteiger partial charge in [-0.15, -0.1) is 0 Å². The number of hydrogen-bond acceptors (Lipinski definition) is 6. The van der Waals surface area contributed by atoms with E-state index in [1.165, 1.54) is 6.33 Å². The molecule has 1 N–H and O–H groups in total. The Labute approximate surface area is 139 Å². The lowest BCUT2D eigenvalue weighted by Crippen LogP contribution is -2.16. The Hall–Kier alpha value is -2.21. The number of halogens is 1. The number of benzene rings is 1. The summed E-state index contributed by atoms with van der Waals surface area (Å²) in [5.74, 6) is 3.01. The van der Waals surface area contributed by atoms with Crippen LogP contribution < -0.4 is 19.5 Å². The lowest BCUT2D eigenvalue weighted by Gasteiger charge is -2.21. The van der Waals surface area contributed by atoms with E-state index in [0.29, 0.717) is 37.3 Å². The van der Waals surface area contributed by atoms with Crippen molar-refractivity contribution in [3.05, 3.63) is 35.2 Å². The van der Waals surface area contributed by atoms with Crippen LogP contribution in [0.5, 0.6) is 17.2 Å². The summed E-state index contributed by atoms with van der Waals surface area (Å²) in [5.41, 5.74) is 1.06. The molecule has 1 aliphatic heterocycles. The van der Waals surface area contributed by atoms with Crippen LogP contribution in [0.1, 0.15) is 12.5 Å². The van der Waals surface area contributed by atoms with Crippen molar-refractivity contribution in [2.24, 2.45) is 0 Å². The molecule has 0 amide bonds. The molecule has 0 radical (unpaired) electrons. The lowest BCUT2D eigenvalue weighted by molar-refractivity contribution is 0.170. The van der Waals surface area contributed by atoms with Crippen molar-refractivity contribution in [2.75, 3.05) is 31.7 Å². The molecule has 0 unspecified atom stereocenters.